The van der Waals surface area contributed by atoms with Gasteiger partial charge in [-0.05, 0) is 24.1 Å². The zero-order chi connectivity index (χ0) is 14.6. The van der Waals surface area contributed by atoms with E-state index in [-0.39, 0.29) is 0 Å². The number of hydrogen-bond acceptors (Lipinski definition) is 3. The van der Waals surface area contributed by atoms with Gasteiger partial charge in [-0.15, -0.1) is 11.3 Å². The first-order chi connectivity index (χ1) is 9.50. The fourth-order valence-corrected chi connectivity index (χ4v) is 2.52. The molecule has 0 saturated carbocycles. The molecule has 0 radical (unpaired) electrons. The molecule has 1 aromatic carbocycles. The van der Waals surface area contributed by atoms with Crippen LogP contribution in [0.5, 0.6) is 0 Å². The van der Waals surface area contributed by atoms with E-state index in [1.807, 2.05) is 24.3 Å². The van der Waals surface area contributed by atoms with Gasteiger partial charge in [0.2, 0.25) is 0 Å². The highest BCUT2D eigenvalue weighted by Crippen LogP contribution is 2.36. The summed E-state index contributed by atoms with van der Waals surface area (Å²) in [5.74, 6) is 0. The Hall–Kier alpha value is -1.40. The first-order valence-corrected chi connectivity index (χ1v) is 7.15. The molecule has 2 nitrogen and oxygen atoms in total. The van der Waals surface area contributed by atoms with Crippen LogP contribution in [0.4, 0.5) is 13.2 Å². The van der Waals surface area contributed by atoms with Gasteiger partial charge in [0.1, 0.15) is 0 Å². The van der Waals surface area contributed by atoms with Gasteiger partial charge in [-0.1, -0.05) is 31.2 Å². The van der Waals surface area contributed by atoms with Crippen LogP contribution in [-0.4, -0.2) is 11.5 Å². The molecule has 1 heterocycles. The molecule has 0 aliphatic heterocycles. The van der Waals surface area contributed by atoms with Crippen LogP contribution in [0.2, 0.25) is 0 Å². The predicted octanol–water partition coefficient (Wildman–Crippen LogP) is 4.33. The maximum atomic E-state index is 12.5. The summed E-state index contributed by atoms with van der Waals surface area (Å²) in [6.07, 6.45) is -2.02. The molecule has 2 rings (SSSR count). The number of rotatable bonds is 5. The minimum absolute atomic E-state index is 0.533. The number of thiazole rings is 1. The Kier molecular flexibility index (Phi) is 4.77. The van der Waals surface area contributed by atoms with Crippen LogP contribution in [0.1, 0.15) is 23.9 Å². The van der Waals surface area contributed by atoms with E-state index in [0.717, 1.165) is 30.6 Å². The molecule has 0 aliphatic rings. The molecule has 0 spiro atoms. The van der Waals surface area contributed by atoms with Gasteiger partial charge in [0.25, 0.3) is 0 Å². The second-order valence-electron chi connectivity index (χ2n) is 4.40. The van der Waals surface area contributed by atoms with E-state index in [1.165, 1.54) is 6.20 Å². The van der Waals surface area contributed by atoms with Gasteiger partial charge in [-0.2, -0.15) is 13.2 Å². The Labute approximate surface area is 119 Å². The van der Waals surface area contributed by atoms with Crippen LogP contribution in [0.15, 0.2) is 30.5 Å². The van der Waals surface area contributed by atoms with Gasteiger partial charge in [-0.25, -0.2) is 4.98 Å². The van der Waals surface area contributed by atoms with E-state index in [1.54, 1.807) is 0 Å². The first-order valence-electron chi connectivity index (χ1n) is 6.33. The first kappa shape index (κ1) is 15.0. The number of nitrogens with one attached hydrogen (secondary N) is 1. The van der Waals surface area contributed by atoms with Crippen molar-refractivity contribution >= 4 is 11.3 Å². The van der Waals surface area contributed by atoms with Crippen LogP contribution in [0.3, 0.4) is 0 Å². The van der Waals surface area contributed by atoms with Gasteiger partial charge in [0, 0.05) is 12.7 Å². The second-order valence-corrected chi connectivity index (χ2v) is 5.43. The van der Waals surface area contributed by atoms with Crippen LogP contribution in [0.25, 0.3) is 10.4 Å². The summed E-state index contributed by atoms with van der Waals surface area (Å²) in [5.41, 5.74) is 1.88. The predicted molar refractivity (Wildman–Crippen MR) is 74.5 cm³/mol. The van der Waals surface area contributed by atoms with Crippen molar-refractivity contribution in [1.82, 2.24) is 10.3 Å². The number of alkyl halides is 3. The Morgan fingerprint density at radius 2 is 1.90 bits per heavy atom. The monoisotopic (exact) mass is 300 g/mol. The number of aromatic nitrogens is 1. The number of benzene rings is 1. The average molecular weight is 300 g/mol. The van der Waals surface area contributed by atoms with Crippen molar-refractivity contribution in [3.8, 4) is 10.4 Å². The van der Waals surface area contributed by atoms with Gasteiger partial charge >= 0.3 is 6.18 Å². The Morgan fingerprint density at radius 1 is 1.20 bits per heavy atom. The third-order valence-corrected chi connectivity index (χ3v) is 3.83. The van der Waals surface area contributed by atoms with Crippen LogP contribution in [-0.2, 0) is 12.7 Å². The van der Waals surface area contributed by atoms with Gasteiger partial charge in [0.15, 0.2) is 5.01 Å². The van der Waals surface area contributed by atoms with Crippen molar-refractivity contribution in [2.45, 2.75) is 26.1 Å². The van der Waals surface area contributed by atoms with Crippen molar-refractivity contribution < 1.29 is 13.2 Å². The van der Waals surface area contributed by atoms with E-state index in [0.29, 0.717) is 16.2 Å². The average Bonchev–Trinajstić information content (AvgIpc) is 2.89. The summed E-state index contributed by atoms with van der Waals surface area (Å²) in [6, 6.07) is 7.50. The van der Waals surface area contributed by atoms with E-state index in [2.05, 4.69) is 17.2 Å². The molecule has 6 heteroatoms. The summed E-state index contributed by atoms with van der Waals surface area (Å²) < 4.78 is 37.5. The highest BCUT2D eigenvalue weighted by atomic mass is 32.1. The summed E-state index contributed by atoms with van der Waals surface area (Å²) in [5, 5.41) is 2.47. The van der Waals surface area contributed by atoms with Crippen molar-refractivity contribution in [3.63, 3.8) is 0 Å². The molecule has 0 saturated heterocycles. The van der Waals surface area contributed by atoms with Crippen LogP contribution >= 0.6 is 11.3 Å². The highest BCUT2D eigenvalue weighted by molar-refractivity contribution is 7.15. The zero-order valence-electron chi connectivity index (χ0n) is 11.0. The Balaban J connectivity index is 2.08. The molecule has 0 unspecified atom stereocenters. The molecule has 0 aliphatic carbocycles. The summed E-state index contributed by atoms with van der Waals surface area (Å²) in [6.45, 7) is 3.81. The normalized spacial score (nSPS) is 11.8. The van der Waals surface area contributed by atoms with E-state index < -0.39 is 11.2 Å². The van der Waals surface area contributed by atoms with Gasteiger partial charge in [-0.3, -0.25) is 0 Å². The van der Waals surface area contributed by atoms with Crippen molar-refractivity contribution in [2.75, 3.05) is 6.54 Å². The quantitative estimate of drug-likeness (QED) is 0.831. The SMILES string of the molecule is CCCNCc1ccc(-c2cnc(C(F)(F)F)s2)cc1. The van der Waals surface area contributed by atoms with Crippen molar-refractivity contribution in [1.29, 1.82) is 0 Å². The van der Waals surface area contributed by atoms with Gasteiger partial charge < -0.3 is 5.32 Å². The summed E-state index contributed by atoms with van der Waals surface area (Å²) in [4.78, 5) is 3.96. The fraction of sp³-hybridized carbons (Fsp3) is 0.357. The van der Waals surface area contributed by atoms with Crippen molar-refractivity contribution in [3.05, 3.63) is 41.0 Å². The maximum Gasteiger partial charge on any atom is 0.443 e. The molecule has 1 N–H and O–H groups in total. The Bertz CT molecular complexity index is 546. The lowest BCUT2D eigenvalue weighted by atomic mass is 10.1. The third-order valence-electron chi connectivity index (χ3n) is 2.74. The van der Waals surface area contributed by atoms with Crippen LogP contribution in [0, 0.1) is 0 Å². The molecule has 0 fully saturated rings. The lowest BCUT2D eigenvalue weighted by molar-refractivity contribution is -0.137. The summed E-state index contributed by atoms with van der Waals surface area (Å²) >= 11 is 0.669. The molecular formula is C14H15F3N2S. The molecular weight excluding hydrogens is 285 g/mol. The number of halogens is 3. The second kappa shape index (κ2) is 6.37. The third kappa shape index (κ3) is 3.80. The van der Waals surface area contributed by atoms with E-state index in [4.69, 9.17) is 0 Å². The lowest BCUT2D eigenvalue weighted by Gasteiger charge is -2.04. The summed E-state index contributed by atoms with van der Waals surface area (Å²) in [7, 11) is 0. The van der Waals surface area contributed by atoms with Crippen molar-refractivity contribution in [2.24, 2.45) is 0 Å². The standard InChI is InChI=1S/C14H15F3N2S/c1-2-7-18-8-10-3-5-11(6-4-10)12-9-19-13(20-12)14(15,16)17/h3-6,9,18H,2,7-8H2,1H3. The minimum atomic E-state index is -4.37. The molecule has 1 aromatic heterocycles. The smallest absolute Gasteiger partial charge is 0.313 e. The number of nitrogens with zero attached hydrogens (tertiary/aromatic N) is 1. The lowest BCUT2D eigenvalue weighted by Crippen LogP contribution is -2.13. The highest BCUT2D eigenvalue weighted by Gasteiger charge is 2.34. The molecule has 0 bridgehead atoms. The molecule has 108 valence electrons. The Morgan fingerprint density at radius 3 is 2.45 bits per heavy atom. The molecule has 2 aromatic rings. The fourth-order valence-electron chi connectivity index (χ4n) is 1.73. The minimum Gasteiger partial charge on any atom is -0.313 e. The van der Waals surface area contributed by atoms with E-state index in [9.17, 15) is 13.2 Å². The zero-order valence-corrected chi connectivity index (χ0v) is 11.8. The molecule has 20 heavy (non-hydrogen) atoms. The largest absolute Gasteiger partial charge is 0.443 e. The maximum absolute atomic E-state index is 12.5. The molecule has 0 amide bonds. The number of hydrogen-bond donors (Lipinski definition) is 1. The molecule has 0 atom stereocenters. The van der Waals surface area contributed by atoms with Gasteiger partial charge in [0.05, 0.1) is 4.88 Å². The van der Waals surface area contributed by atoms with Crippen LogP contribution < -0.4 is 5.32 Å². The topological polar surface area (TPSA) is 24.9 Å². The van der Waals surface area contributed by atoms with E-state index >= 15 is 0 Å².